The van der Waals surface area contributed by atoms with Crippen LogP contribution >= 0.6 is 15.9 Å². The standard InChI is InChI=1S/C21H23BBrN/c23-19-12-10-16(11-13-19)21(15-20-9-1-2-14-24-20)22-17-5-3-6-18(22)8-4-7-17/h1-2,9-15,17-18H,3-8H2/b21-15-. The van der Waals surface area contributed by atoms with Gasteiger partial charge in [-0.25, -0.2) is 0 Å². The Labute approximate surface area is 153 Å². The molecule has 0 amide bonds. The maximum Gasteiger partial charge on any atom is 0.183 e. The number of hydrogen-bond donors (Lipinski definition) is 0. The van der Waals surface area contributed by atoms with Gasteiger partial charge in [0.05, 0.1) is 5.69 Å². The van der Waals surface area contributed by atoms with Gasteiger partial charge in [0, 0.05) is 10.7 Å². The van der Waals surface area contributed by atoms with Crippen molar-refractivity contribution in [3.63, 3.8) is 0 Å². The SMILES string of the molecule is Brc1ccc(/C(=C/c2ccccn2)B2C3CCCC2CCC3)cc1. The first kappa shape index (κ1) is 16.1. The molecule has 2 aliphatic heterocycles. The molecule has 4 rings (SSSR count). The van der Waals surface area contributed by atoms with Crippen molar-refractivity contribution in [3.8, 4) is 0 Å². The summed E-state index contributed by atoms with van der Waals surface area (Å²) in [5.41, 5.74) is 3.96. The average Bonchev–Trinajstić information content (AvgIpc) is 2.61. The molecule has 0 unspecified atom stereocenters. The van der Waals surface area contributed by atoms with Crippen LogP contribution in [0.4, 0.5) is 0 Å². The summed E-state index contributed by atoms with van der Waals surface area (Å²) in [7, 11) is 0. The van der Waals surface area contributed by atoms with Gasteiger partial charge in [-0.1, -0.05) is 89.8 Å². The Morgan fingerprint density at radius 2 is 1.62 bits per heavy atom. The first-order valence-electron chi connectivity index (χ1n) is 9.20. The maximum atomic E-state index is 4.56. The quantitative estimate of drug-likeness (QED) is 0.552. The fourth-order valence-corrected chi connectivity index (χ4v) is 5.08. The lowest BCUT2D eigenvalue weighted by molar-refractivity contribution is 0.448. The summed E-state index contributed by atoms with van der Waals surface area (Å²) in [4.78, 5) is 4.56. The summed E-state index contributed by atoms with van der Waals surface area (Å²) < 4.78 is 1.15. The molecule has 2 bridgehead atoms. The third kappa shape index (κ3) is 3.37. The van der Waals surface area contributed by atoms with E-state index in [9.17, 15) is 0 Å². The normalized spacial score (nSPS) is 24.0. The zero-order valence-corrected chi connectivity index (χ0v) is 15.6. The predicted molar refractivity (Wildman–Crippen MR) is 107 cm³/mol. The molecule has 1 aromatic carbocycles. The summed E-state index contributed by atoms with van der Waals surface area (Å²) in [5.74, 6) is 1.72. The van der Waals surface area contributed by atoms with Crippen LogP contribution in [0, 0.1) is 0 Å². The van der Waals surface area contributed by atoms with Crippen molar-refractivity contribution < 1.29 is 0 Å². The van der Waals surface area contributed by atoms with E-state index in [4.69, 9.17) is 0 Å². The molecule has 0 spiro atoms. The van der Waals surface area contributed by atoms with Gasteiger partial charge in [0.25, 0.3) is 0 Å². The molecule has 0 radical (unpaired) electrons. The second-order valence-electron chi connectivity index (χ2n) is 7.27. The molecule has 24 heavy (non-hydrogen) atoms. The first-order valence-corrected chi connectivity index (χ1v) is 9.99. The van der Waals surface area contributed by atoms with E-state index in [1.807, 2.05) is 12.3 Å². The fraction of sp³-hybridized carbons (Fsp3) is 0.381. The molecule has 0 atom stereocenters. The van der Waals surface area contributed by atoms with Crippen LogP contribution < -0.4 is 0 Å². The van der Waals surface area contributed by atoms with Gasteiger partial charge in [-0.2, -0.15) is 0 Å². The second kappa shape index (κ2) is 7.27. The molecule has 3 heteroatoms. The second-order valence-corrected chi connectivity index (χ2v) is 8.18. The molecule has 122 valence electrons. The zero-order chi connectivity index (χ0) is 16.4. The smallest absolute Gasteiger partial charge is 0.183 e. The zero-order valence-electron chi connectivity index (χ0n) is 14.0. The van der Waals surface area contributed by atoms with E-state index < -0.39 is 0 Å². The van der Waals surface area contributed by atoms with Gasteiger partial charge in [0.1, 0.15) is 0 Å². The number of benzene rings is 1. The highest BCUT2D eigenvalue weighted by molar-refractivity contribution is 9.10. The van der Waals surface area contributed by atoms with E-state index in [1.54, 1.807) is 0 Å². The van der Waals surface area contributed by atoms with Crippen molar-refractivity contribution in [2.75, 3.05) is 0 Å². The summed E-state index contributed by atoms with van der Waals surface area (Å²) >= 11 is 3.57. The largest absolute Gasteiger partial charge is 0.257 e. The molecule has 1 nitrogen and oxygen atoms in total. The highest BCUT2D eigenvalue weighted by atomic mass is 79.9. The average molecular weight is 380 g/mol. The van der Waals surface area contributed by atoms with Crippen molar-refractivity contribution >= 4 is 34.2 Å². The molecule has 1 aromatic heterocycles. The Kier molecular flexibility index (Phi) is 4.89. The number of pyridine rings is 1. The van der Waals surface area contributed by atoms with E-state index in [2.05, 4.69) is 63.4 Å². The minimum atomic E-state index is 0.704. The third-order valence-electron chi connectivity index (χ3n) is 5.84. The van der Waals surface area contributed by atoms with Gasteiger partial charge in [-0.05, 0) is 35.9 Å². The minimum absolute atomic E-state index is 0.704. The minimum Gasteiger partial charge on any atom is -0.257 e. The predicted octanol–water partition coefficient (Wildman–Crippen LogP) is 6.53. The van der Waals surface area contributed by atoms with E-state index in [-0.39, 0.29) is 0 Å². The third-order valence-corrected chi connectivity index (χ3v) is 6.37. The summed E-state index contributed by atoms with van der Waals surface area (Å²) in [6.07, 6.45) is 12.7. The number of fused-ring (bicyclic) bond motifs is 2. The van der Waals surface area contributed by atoms with E-state index >= 15 is 0 Å². The van der Waals surface area contributed by atoms with Gasteiger partial charge in [0.15, 0.2) is 6.71 Å². The Balaban J connectivity index is 1.78. The lowest BCUT2D eigenvalue weighted by Crippen LogP contribution is -2.35. The van der Waals surface area contributed by atoms with Crippen LogP contribution in [-0.2, 0) is 0 Å². The van der Waals surface area contributed by atoms with Crippen molar-refractivity contribution in [3.05, 3.63) is 64.4 Å². The number of nitrogens with zero attached hydrogens (tertiary/aromatic N) is 1. The fourth-order valence-electron chi connectivity index (χ4n) is 4.82. The van der Waals surface area contributed by atoms with Crippen LogP contribution in [0.5, 0.6) is 0 Å². The molecule has 0 saturated carbocycles. The van der Waals surface area contributed by atoms with Crippen LogP contribution in [0.15, 0.2) is 53.1 Å². The Bertz CT molecular complexity index is 688. The molecular formula is C21H23BBrN. The van der Waals surface area contributed by atoms with Crippen molar-refractivity contribution in [1.29, 1.82) is 0 Å². The molecular weight excluding hydrogens is 357 g/mol. The number of rotatable bonds is 3. The van der Waals surface area contributed by atoms with Crippen LogP contribution in [0.2, 0.25) is 11.6 Å². The Morgan fingerprint density at radius 1 is 0.958 bits per heavy atom. The highest BCUT2D eigenvalue weighted by Crippen LogP contribution is 2.50. The molecule has 3 heterocycles. The topological polar surface area (TPSA) is 12.9 Å². The number of halogens is 1. The molecule has 2 aromatic rings. The van der Waals surface area contributed by atoms with Crippen LogP contribution in [0.25, 0.3) is 11.5 Å². The van der Waals surface area contributed by atoms with Gasteiger partial charge >= 0.3 is 0 Å². The monoisotopic (exact) mass is 379 g/mol. The van der Waals surface area contributed by atoms with Crippen LogP contribution in [0.1, 0.15) is 49.8 Å². The lowest BCUT2D eigenvalue weighted by Gasteiger charge is -2.42. The van der Waals surface area contributed by atoms with Gasteiger partial charge in [-0.15, -0.1) is 0 Å². The summed E-state index contributed by atoms with van der Waals surface area (Å²) in [6, 6.07) is 15.1. The molecule has 2 aliphatic rings. The van der Waals surface area contributed by atoms with Gasteiger partial charge in [-0.3, -0.25) is 4.98 Å². The number of hydrogen-bond acceptors (Lipinski definition) is 1. The van der Waals surface area contributed by atoms with Gasteiger partial charge < -0.3 is 0 Å². The molecule has 2 saturated heterocycles. The van der Waals surface area contributed by atoms with E-state index in [0.29, 0.717) is 6.71 Å². The first-order chi connectivity index (χ1) is 11.8. The molecule has 2 fully saturated rings. The van der Waals surface area contributed by atoms with Crippen LogP contribution in [0.3, 0.4) is 0 Å². The van der Waals surface area contributed by atoms with Gasteiger partial charge in [0.2, 0.25) is 0 Å². The van der Waals surface area contributed by atoms with E-state index in [0.717, 1.165) is 21.8 Å². The highest BCUT2D eigenvalue weighted by Gasteiger charge is 2.41. The van der Waals surface area contributed by atoms with Crippen molar-refractivity contribution in [1.82, 2.24) is 4.98 Å². The molecule has 0 aliphatic carbocycles. The lowest BCUT2D eigenvalue weighted by atomic mass is 9.23. The molecule has 0 N–H and O–H groups in total. The van der Waals surface area contributed by atoms with Crippen LogP contribution in [-0.4, -0.2) is 11.7 Å². The Hall–Kier alpha value is -1.35. The van der Waals surface area contributed by atoms with Crippen molar-refractivity contribution in [2.24, 2.45) is 0 Å². The summed E-state index contributed by atoms with van der Waals surface area (Å²) in [6.45, 7) is 0.704. The maximum absolute atomic E-state index is 4.56. The Morgan fingerprint density at radius 3 is 2.21 bits per heavy atom. The number of aromatic nitrogens is 1. The van der Waals surface area contributed by atoms with E-state index in [1.165, 1.54) is 49.6 Å². The summed E-state index contributed by atoms with van der Waals surface area (Å²) in [5, 5.41) is 0. The van der Waals surface area contributed by atoms with Crippen molar-refractivity contribution in [2.45, 2.75) is 50.2 Å².